The van der Waals surface area contributed by atoms with Crippen molar-refractivity contribution in [2.45, 2.75) is 33.2 Å². The van der Waals surface area contributed by atoms with E-state index in [1.807, 2.05) is 33.2 Å². The van der Waals surface area contributed by atoms with Gasteiger partial charge in [0.2, 0.25) is 5.91 Å². The molecule has 1 heterocycles. The third-order valence-electron chi connectivity index (χ3n) is 3.54. The molecule has 0 spiro atoms. The molecular formula is C17H23N5O2. The van der Waals surface area contributed by atoms with Crippen LogP contribution in [0.4, 0.5) is 16.2 Å². The standard InChI is InChI=1S/C17H23N5O2/c1-4-6-16(23)20-14-7-5-8-15(12(14)2)21-17(24)18-9-13-10-19-22(3)11-13/h5,7-8,10-11H,4,6,9H2,1-3H3,(H,20,23)(H2,18,21,24). The summed E-state index contributed by atoms with van der Waals surface area (Å²) >= 11 is 0. The lowest BCUT2D eigenvalue weighted by Gasteiger charge is -2.13. The average Bonchev–Trinajstić information content (AvgIpc) is 2.95. The lowest BCUT2D eigenvalue weighted by Crippen LogP contribution is -2.28. The highest BCUT2D eigenvalue weighted by Crippen LogP contribution is 2.23. The largest absolute Gasteiger partial charge is 0.334 e. The van der Waals surface area contributed by atoms with E-state index in [0.29, 0.717) is 24.3 Å². The van der Waals surface area contributed by atoms with Crippen LogP contribution in [0.25, 0.3) is 0 Å². The van der Waals surface area contributed by atoms with Crippen molar-refractivity contribution < 1.29 is 9.59 Å². The van der Waals surface area contributed by atoms with Gasteiger partial charge in [-0.3, -0.25) is 9.48 Å². The second-order valence-corrected chi connectivity index (χ2v) is 5.61. The highest BCUT2D eigenvalue weighted by Gasteiger charge is 2.09. The van der Waals surface area contributed by atoms with Crippen LogP contribution in [0, 0.1) is 6.92 Å². The van der Waals surface area contributed by atoms with Crippen molar-refractivity contribution in [1.82, 2.24) is 15.1 Å². The van der Waals surface area contributed by atoms with E-state index in [2.05, 4.69) is 21.0 Å². The molecule has 0 aliphatic carbocycles. The fourth-order valence-electron chi connectivity index (χ4n) is 2.26. The lowest BCUT2D eigenvalue weighted by molar-refractivity contribution is -0.116. The predicted octanol–water partition coefficient (Wildman–Crippen LogP) is 2.79. The smallest absolute Gasteiger partial charge is 0.319 e. The minimum Gasteiger partial charge on any atom is -0.334 e. The third-order valence-corrected chi connectivity index (χ3v) is 3.54. The van der Waals surface area contributed by atoms with Gasteiger partial charge in [0.1, 0.15) is 0 Å². The summed E-state index contributed by atoms with van der Waals surface area (Å²) in [6.07, 6.45) is 4.81. The number of urea groups is 1. The molecule has 7 heteroatoms. The van der Waals surface area contributed by atoms with Gasteiger partial charge >= 0.3 is 6.03 Å². The number of amides is 3. The molecular weight excluding hydrogens is 306 g/mol. The van der Waals surface area contributed by atoms with Crippen molar-refractivity contribution in [1.29, 1.82) is 0 Å². The summed E-state index contributed by atoms with van der Waals surface area (Å²) in [5, 5.41) is 12.5. The molecule has 3 amide bonds. The molecule has 24 heavy (non-hydrogen) atoms. The van der Waals surface area contributed by atoms with E-state index in [4.69, 9.17) is 0 Å². The van der Waals surface area contributed by atoms with Crippen LogP contribution >= 0.6 is 0 Å². The number of hydrogen-bond acceptors (Lipinski definition) is 3. The van der Waals surface area contributed by atoms with Crippen LogP contribution in [0.1, 0.15) is 30.9 Å². The number of aromatic nitrogens is 2. The van der Waals surface area contributed by atoms with E-state index >= 15 is 0 Å². The lowest BCUT2D eigenvalue weighted by atomic mass is 10.1. The van der Waals surface area contributed by atoms with Crippen molar-refractivity contribution in [2.24, 2.45) is 7.05 Å². The number of benzene rings is 1. The second-order valence-electron chi connectivity index (χ2n) is 5.61. The van der Waals surface area contributed by atoms with E-state index in [1.54, 1.807) is 23.0 Å². The molecule has 2 rings (SSSR count). The van der Waals surface area contributed by atoms with Crippen LogP contribution in [0.15, 0.2) is 30.6 Å². The molecule has 1 aromatic carbocycles. The fourth-order valence-corrected chi connectivity index (χ4v) is 2.26. The van der Waals surface area contributed by atoms with Crippen LogP contribution in [0.2, 0.25) is 0 Å². The van der Waals surface area contributed by atoms with Gasteiger partial charge in [0.25, 0.3) is 0 Å². The maximum atomic E-state index is 12.0. The topological polar surface area (TPSA) is 88.1 Å². The average molecular weight is 329 g/mol. The van der Waals surface area contributed by atoms with Gasteiger partial charge in [0.05, 0.1) is 6.20 Å². The van der Waals surface area contributed by atoms with Crippen LogP contribution < -0.4 is 16.0 Å². The Hall–Kier alpha value is -2.83. The molecule has 0 unspecified atom stereocenters. The number of nitrogens with one attached hydrogen (secondary N) is 3. The molecule has 0 saturated heterocycles. The summed E-state index contributed by atoms with van der Waals surface area (Å²) < 4.78 is 1.68. The number of nitrogens with zero attached hydrogens (tertiary/aromatic N) is 2. The van der Waals surface area contributed by atoms with E-state index < -0.39 is 0 Å². The zero-order chi connectivity index (χ0) is 17.5. The number of anilines is 2. The van der Waals surface area contributed by atoms with Gasteiger partial charge in [-0.25, -0.2) is 4.79 Å². The number of carbonyl (C=O) groups excluding carboxylic acids is 2. The molecule has 2 aromatic rings. The first-order valence-electron chi connectivity index (χ1n) is 7.91. The maximum Gasteiger partial charge on any atom is 0.319 e. The SMILES string of the molecule is CCCC(=O)Nc1cccc(NC(=O)NCc2cnn(C)c2)c1C. The molecule has 0 saturated carbocycles. The first-order valence-corrected chi connectivity index (χ1v) is 7.91. The number of rotatable bonds is 6. The highest BCUT2D eigenvalue weighted by atomic mass is 16.2. The first-order chi connectivity index (χ1) is 11.5. The summed E-state index contributed by atoms with van der Waals surface area (Å²) in [6.45, 7) is 4.21. The van der Waals surface area contributed by atoms with Crippen LogP contribution in [-0.4, -0.2) is 21.7 Å². The number of hydrogen-bond donors (Lipinski definition) is 3. The summed E-state index contributed by atoms with van der Waals surface area (Å²) in [7, 11) is 1.82. The zero-order valence-electron chi connectivity index (χ0n) is 14.2. The Morgan fingerprint density at radius 3 is 2.54 bits per heavy atom. The molecule has 3 N–H and O–H groups in total. The third kappa shape index (κ3) is 4.84. The van der Waals surface area contributed by atoms with Gasteiger partial charge in [0.15, 0.2) is 0 Å². The summed E-state index contributed by atoms with van der Waals surface area (Å²) in [6, 6.07) is 5.11. The van der Waals surface area contributed by atoms with E-state index in [0.717, 1.165) is 17.5 Å². The Morgan fingerprint density at radius 1 is 1.21 bits per heavy atom. The van der Waals surface area contributed by atoms with Crippen molar-refractivity contribution in [3.63, 3.8) is 0 Å². The van der Waals surface area contributed by atoms with E-state index in [1.165, 1.54) is 0 Å². The first kappa shape index (κ1) is 17.5. The minimum absolute atomic E-state index is 0.0289. The molecule has 0 aliphatic rings. The van der Waals surface area contributed by atoms with Crippen LogP contribution in [-0.2, 0) is 18.4 Å². The molecule has 0 aliphatic heterocycles. The van der Waals surface area contributed by atoms with Crippen molar-refractivity contribution in [3.8, 4) is 0 Å². The Bertz CT molecular complexity index is 724. The van der Waals surface area contributed by atoms with Gasteiger partial charge in [-0.1, -0.05) is 13.0 Å². The fraction of sp³-hybridized carbons (Fsp3) is 0.353. The van der Waals surface area contributed by atoms with Crippen LogP contribution in [0.5, 0.6) is 0 Å². The number of carbonyl (C=O) groups is 2. The summed E-state index contributed by atoms with van der Waals surface area (Å²) in [5.74, 6) is -0.0289. The Balaban J connectivity index is 1.96. The Morgan fingerprint density at radius 2 is 1.92 bits per heavy atom. The quantitative estimate of drug-likeness (QED) is 0.761. The van der Waals surface area contributed by atoms with Gasteiger partial charge in [-0.05, 0) is 31.0 Å². The van der Waals surface area contributed by atoms with Gasteiger partial charge in [0, 0.05) is 43.1 Å². The molecule has 0 atom stereocenters. The molecule has 128 valence electrons. The normalized spacial score (nSPS) is 10.3. The Kier molecular flexibility index (Phi) is 5.95. The number of aryl methyl sites for hydroxylation is 1. The van der Waals surface area contributed by atoms with Crippen molar-refractivity contribution in [2.75, 3.05) is 10.6 Å². The van der Waals surface area contributed by atoms with E-state index in [-0.39, 0.29) is 11.9 Å². The van der Waals surface area contributed by atoms with Crippen molar-refractivity contribution in [3.05, 3.63) is 41.7 Å². The Labute approximate surface area is 141 Å². The van der Waals surface area contributed by atoms with Gasteiger partial charge in [-0.2, -0.15) is 5.10 Å². The van der Waals surface area contributed by atoms with Gasteiger partial charge < -0.3 is 16.0 Å². The maximum absolute atomic E-state index is 12.0. The van der Waals surface area contributed by atoms with Crippen LogP contribution in [0.3, 0.4) is 0 Å². The van der Waals surface area contributed by atoms with E-state index in [9.17, 15) is 9.59 Å². The second kappa shape index (κ2) is 8.14. The highest BCUT2D eigenvalue weighted by molar-refractivity contribution is 5.95. The molecule has 0 radical (unpaired) electrons. The monoisotopic (exact) mass is 329 g/mol. The minimum atomic E-state index is -0.306. The van der Waals surface area contributed by atoms with Crippen molar-refractivity contribution >= 4 is 23.3 Å². The zero-order valence-corrected chi connectivity index (χ0v) is 14.2. The summed E-state index contributed by atoms with van der Waals surface area (Å²) in [4.78, 5) is 23.8. The predicted molar refractivity (Wildman–Crippen MR) is 93.8 cm³/mol. The molecule has 0 fully saturated rings. The molecule has 7 nitrogen and oxygen atoms in total. The molecule has 1 aromatic heterocycles. The van der Waals surface area contributed by atoms with Gasteiger partial charge in [-0.15, -0.1) is 0 Å². The summed E-state index contributed by atoms with van der Waals surface area (Å²) in [5.41, 5.74) is 3.11. The molecule has 0 bridgehead atoms.